The summed E-state index contributed by atoms with van der Waals surface area (Å²) in [5.41, 5.74) is 5.34. The fourth-order valence-corrected chi connectivity index (χ4v) is 3.55. The van der Waals surface area contributed by atoms with Crippen LogP contribution in [0.1, 0.15) is 18.3 Å². The minimum absolute atomic E-state index is 0.638. The first-order chi connectivity index (χ1) is 12.7. The van der Waals surface area contributed by atoms with Crippen molar-refractivity contribution in [1.29, 1.82) is 0 Å². The lowest BCUT2D eigenvalue weighted by atomic mass is 10.1. The van der Waals surface area contributed by atoms with Crippen molar-refractivity contribution in [2.75, 3.05) is 0 Å². The highest BCUT2D eigenvalue weighted by molar-refractivity contribution is 6.33. The number of hydrogen-bond donors (Lipinski definition) is 0. The van der Waals surface area contributed by atoms with Gasteiger partial charge in [-0.25, -0.2) is 4.98 Å². The summed E-state index contributed by atoms with van der Waals surface area (Å²) in [6.45, 7) is 2.75. The lowest BCUT2D eigenvalue weighted by Gasteiger charge is -2.11. The molecule has 0 atom stereocenters. The highest BCUT2D eigenvalue weighted by Gasteiger charge is 2.13. The Bertz CT molecular complexity index is 1070. The Balaban J connectivity index is 1.85. The van der Waals surface area contributed by atoms with Crippen LogP contribution < -0.4 is 0 Å². The Labute approximate surface area is 162 Å². The Morgan fingerprint density at radius 2 is 1.73 bits per heavy atom. The second kappa shape index (κ2) is 7.10. The summed E-state index contributed by atoms with van der Waals surface area (Å²) >= 11 is 12.6. The molecule has 0 aliphatic carbocycles. The second-order valence-electron chi connectivity index (χ2n) is 6.14. The molecule has 4 rings (SSSR count). The zero-order chi connectivity index (χ0) is 18.1. The number of imidazole rings is 1. The maximum Gasteiger partial charge on any atom is 0.109 e. The molecule has 2 aromatic heterocycles. The van der Waals surface area contributed by atoms with Crippen molar-refractivity contribution in [3.05, 3.63) is 82.4 Å². The fourth-order valence-electron chi connectivity index (χ4n) is 3.18. The minimum atomic E-state index is 0.638. The van der Waals surface area contributed by atoms with E-state index in [0.29, 0.717) is 16.6 Å². The van der Waals surface area contributed by atoms with Gasteiger partial charge < -0.3 is 4.57 Å². The zero-order valence-electron chi connectivity index (χ0n) is 14.3. The van der Waals surface area contributed by atoms with Crippen molar-refractivity contribution in [2.45, 2.75) is 19.9 Å². The highest BCUT2D eigenvalue weighted by atomic mass is 35.5. The Kier molecular flexibility index (Phi) is 4.66. The van der Waals surface area contributed by atoms with E-state index >= 15 is 0 Å². The predicted octanol–water partition coefficient (Wildman–Crippen LogP) is 6.02. The summed E-state index contributed by atoms with van der Waals surface area (Å²) in [5, 5.41) is 1.40. The van der Waals surface area contributed by atoms with Crippen LogP contribution in [0.3, 0.4) is 0 Å². The van der Waals surface area contributed by atoms with E-state index in [1.807, 2.05) is 30.3 Å². The molecule has 0 unspecified atom stereocenters. The summed E-state index contributed by atoms with van der Waals surface area (Å²) in [4.78, 5) is 8.89. The third-order valence-electron chi connectivity index (χ3n) is 4.49. The molecule has 0 aliphatic heterocycles. The molecule has 0 spiro atoms. The van der Waals surface area contributed by atoms with Crippen LogP contribution >= 0.6 is 23.2 Å². The van der Waals surface area contributed by atoms with E-state index in [0.717, 1.165) is 40.0 Å². The van der Waals surface area contributed by atoms with Crippen molar-refractivity contribution in [3.63, 3.8) is 0 Å². The molecule has 2 aromatic carbocycles. The van der Waals surface area contributed by atoms with Gasteiger partial charge in [0.15, 0.2) is 0 Å². The molecule has 0 bridgehead atoms. The molecule has 0 fully saturated rings. The second-order valence-corrected chi connectivity index (χ2v) is 6.99. The Morgan fingerprint density at radius 3 is 2.50 bits per heavy atom. The molecule has 3 nitrogen and oxygen atoms in total. The topological polar surface area (TPSA) is 30.7 Å². The first kappa shape index (κ1) is 17.1. The summed E-state index contributed by atoms with van der Waals surface area (Å²) in [6, 6.07) is 15.9. The van der Waals surface area contributed by atoms with Crippen LogP contribution in [-0.4, -0.2) is 14.5 Å². The van der Waals surface area contributed by atoms with Crippen LogP contribution in [-0.2, 0) is 13.0 Å². The molecule has 5 heteroatoms. The van der Waals surface area contributed by atoms with Crippen molar-refractivity contribution < 1.29 is 0 Å². The average Bonchev–Trinajstić information content (AvgIpc) is 3.02. The van der Waals surface area contributed by atoms with Crippen LogP contribution in [0.15, 0.2) is 60.9 Å². The molecule has 0 saturated carbocycles. The van der Waals surface area contributed by atoms with Gasteiger partial charge in [0.05, 0.1) is 17.6 Å². The van der Waals surface area contributed by atoms with Crippen LogP contribution in [0.2, 0.25) is 10.0 Å². The normalized spacial score (nSPS) is 11.2. The van der Waals surface area contributed by atoms with Gasteiger partial charge in [0.25, 0.3) is 0 Å². The van der Waals surface area contributed by atoms with E-state index in [9.17, 15) is 0 Å². The number of hydrogen-bond acceptors (Lipinski definition) is 2. The Hall–Kier alpha value is -2.36. The summed E-state index contributed by atoms with van der Waals surface area (Å²) in [6.07, 6.45) is 4.46. The SMILES string of the molecule is CCc1nc2ccc(-c3ccncc3)cc2n1Cc1cc(Cl)ccc1Cl. The van der Waals surface area contributed by atoms with E-state index in [1.165, 1.54) is 0 Å². The molecule has 4 aromatic rings. The predicted molar refractivity (Wildman–Crippen MR) is 108 cm³/mol. The lowest BCUT2D eigenvalue weighted by Crippen LogP contribution is -2.05. The number of pyridine rings is 1. The highest BCUT2D eigenvalue weighted by Crippen LogP contribution is 2.28. The van der Waals surface area contributed by atoms with E-state index in [4.69, 9.17) is 28.2 Å². The lowest BCUT2D eigenvalue weighted by molar-refractivity contribution is 0.753. The zero-order valence-corrected chi connectivity index (χ0v) is 15.8. The van der Waals surface area contributed by atoms with Crippen molar-refractivity contribution in [2.24, 2.45) is 0 Å². The molecule has 2 heterocycles. The van der Waals surface area contributed by atoms with Gasteiger partial charge in [0, 0.05) is 28.9 Å². The van der Waals surface area contributed by atoms with Gasteiger partial charge in [0.2, 0.25) is 0 Å². The third-order valence-corrected chi connectivity index (χ3v) is 5.10. The molecule has 0 N–H and O–H groups in total. The number of aromatic nitrogens is 3. The van der Waals surface area contributed by atoms with E-state index in [-0.39, 0.29) is 0 Å². The number of benzene rings is 2. The molecule has 0 amide bonds. The van der Waals surface area contributed by atoms with Crippen molar-refractivity contribution in [3.8, 4) is 11.1 Å². The first-order valence-corrected chi connectivity index (χ1v) is 9.25. The van der Waals surface area contributed by atoms with Gasteiger partial charge in [-0.3, -0.25) is 4.98 Å². The number of nitrogens with zero attached hydrogens (tertiary/aromatic N) is 3. The van der Waals surface area contributed by atoms with Crippen LogP contribution in [0.25, 0.3) is 22.2 Å². The summed E-state index contributed by atoms with van der Waals surface area (Å²) in [7, 11) is 0. The molecule has 0 saturated heterocycles. The fraction of sp³-hybridized carbons (Fsp3) is 0.143. The summed E-state index contributed by atoms with van der Waals surface area (Å²) < 4.78 is 2.22. The van der Waals surface area contributed by atoms with Crippen LogP contribution in [0, 0.1) is 0 Å². The van der Waals surface area contributed by atoms with Crippen LogP contribution in [0.4, 0.5) is 0 Å². The number of rotatable bonds is 4. The minimum Gasteiger partial charge on any atom is -0.323 e. The molecular weight excluding hydrogens is 365 g/mol. The summed E-state index contributed by atoms with van der Waals surface area (Å²) in [5.74, 6) is 1.03. The Morgan fingerprint density at radius 1 is 0.923 bits per heavy atom. The number of fused-ring (bicyclic) bond motifs is 1. The van der Waals surface area contributed by atoms with Crippen LogP contribution in [0.5, 0.6) is 0 Å². The third kappa shape index (κ3) is 3.20. The van der Waals surface area contributed by atoms with E-state index in [2.05, 4.69) is 34.7 Å². The molecule has 0 radical (unpaired) electrons. The van der Waals surface area contributed by atoms with Gasteiger partial charge in [0.1, 0.15) is 5.82 Å². The van der Waals surface area contributed by atoms with Crippen molar-refractivity contribution in [1.82, 2.24) is 14.5 Å². The smallest absolute Gasteiger partial charge is 0.109 e. The quantitative estimate of drug-likeness (QED) is 0.432. The molecule has 0 aliphatic rings. The molecular formula is C21H17Cl2N3. The maximum atomic E-state index is 6.39. The van der Waals surface area contributed by atoms with E-state index < -0.39 is 0 Å². The van der Waals surface area contributed by atoms with Gasteiger partial charge in [-0.15, -0.1) is 0 Å². The number of halogens is 2. The average molecular weight is 382 g/mol. The monoisotopic (exact) mass is 381 g/mol. The maximum absolute atomic E-state index is 6.39. The first-order valence-electron chi connectivity index (χ1n) is 8.49. The van der Waals surface area contributed by atoms with Crippen molar-refractivity contribution >= 4 is 34.2 Å². The van der Waals surface area contributed by atoms with Gasteiger partial charge in [-0.2, -0.15) is 0 Å². The molecule has 130 valence electrons. The van der Waals surface area contributed by atoms with Gasteiger partial charge >= 0.3 is 0 Å². The van der Waals surface area contributed by atoms with E-state index in [1.54, 1.807) is 12.4 Å². The largest absolute Gasteiger partial charge is 0.323 e. The number of aryl methyl sites for hydroxylation is 1. The molecule has 26 heavy (non-hydrogen) atoms. The van der Waals surface area contributed by atoms with Gasteiger partial charge in [-0.1, -0.05) is 36.2 Å². The van der Waals surface area contributed by atoms with Gasteiger partial charge in [-0.05, 0) is 59.2 Å². The standard InChI is InChI=1S/C21H17Cl2N3/c1-2-21-25-19-6-3-15(14-7-9-24-10-8-14)12-20(19)26(21)13-16-11-17(22)4-5-18(16)23/h3-12H,2,13H2,1H3.